The maximum absolute atomic E-state index is 6.46. The molecule has 5 rings (SSSR count). The first-order chi connectivity index (χ1) is 14.7. The van der Waals surface area contributed by atoms with Crippen molar-refractivity contribution in [1.29, 1.82) is 0 Å². The second-order valence-electron chi connectivity index (χ2n) is 7.27. The SMILES string of the molecule is C=C1/C=C\C=C/S/C(c2cc(Cl)ccc2-c2cc3ccccc3c3ccccc23)=C\1. The third-order valence-corrected chi connectivity index (χ3v) is 6.44. The van der Waals surface area contributed by atoms with E-state index in [0.717, 1.165) is 21.1 Å². The summed E-state index contributed by atoms with van der Waals surface area (Å²) in [5.41, 5.74) is 4.47. The highest BCUT2D eigenvalue weighted by atomic mass is 35.5. The summed E-state index contributed by atoms with van der Waals surface area (Å²) in [6.07, 6.45) is 8.20. The van der Waals surface area contributed by atoms with Gasteiger partial charge < -0.3 is 0 Å². The first-order valence-electron chi connectivity index (χ1n) is 9.82. The minimum absolute atomic E-state index is 0.729. The van der Waals surface area contributed by atoms with Gasteiger partial charge in [0.15, 0.2) is 0 Å². The predicted molar refractivity (Wildman–Crippen MR) is 135 cm³/mol. The monoisotopic (exact) mass is 422 g/mol. The number of halogens is 1. The Kier molecular flexibility index (Phi) is 5.08. The molecule has 4 aromatic carbocycles. The molecule has 0 amide bonds. The lowest BCUT2D eigenvalue weighted by atomic mass is 9.90. The van der Waals surface area contributed by atoms with Gasteiger partial charge in [-0.05, 0) is 73.5 Å². The minimum atomic E-state index is 0.729. The highest BCUT2D eigenvalue weighted by molar-refractivity contribution is 8.10. The van der Waals surface area contributed by atoms with E-state index in [2.05, 4.69) is 84.8 Å². The molecule has 0 atom stereocenters. The summed E-state index contributed by atoms with van der Waals surface area (Å²) in [4.78, 5) is 1.13. The Hall–Kier alpha value is -3.00. The lowest BCUT2D eigenvalue weighted by Crippen LogP contribution is -1.91. The van der Waals surface area contributed by atoms with E-state index in [1.165, 1.54) is 32.7 Å². The number of rotatable bonds is 2. The Morgan fingerprint density at radius 1 is 0.700 bits per heavy atom. The van der Waals surface area contributed by atoms with Gasteiger partial charge >= 0.3 is 0 Å². The predicted octanol–water partition coefficient (Wildman–Crippen LogP) is 9.03. The number of benzene rings is 4. The fourth-order valence-corrected chi connectivity index (χ4v) is 4.96. The molecule has 4 aromatic rings. The van der Waals surface area contributed by atoms with Crippen molar-refractivity contribution in [2.75, 3.05) is 0 Å². The van der Waals surface area contributed by atoms with Crippen LogP contribution in [-0.2, 0) is 0 Å². The van der Waals surface area contributed by atoms with Crippen molar-refractivity contribution < 1.29 is 0 Å². The minimum Gasteiger partial charge on any atom is -0.0974 e. The summed E-state index contributed by atoms with van der Waals surface area (Å²) >= 11 is 8.15. The molecule has 0 fully saturated rings. The smallest absolute Gasteiger partial charge is 0.0412 e. The first-order valence-corrected chi connectivity index (χ1v) is 11.1. The fraction of sp³-hybridized carbons (Fsp3) is 0. The van der Waals surface area contributed by atoms with Gasteiger partial charge in [0.1, 0.15) is 0 Å². The number of hydrogen-bond donors (Lipinski definition) is 0. The zero-order valence-corrected chi connectivity index (χ0v) is 17.9. The van der Waals surface area contributed by atoms with Crippen LogP contribution in [0.1, 0.15) is 5.56 Å². The molecule has 1 heterocycles. The van der Waals surface area contributed by atoms with Crippen molar-refractivity contribution in [3.05, 3.63) is 125 Å². The van der Waals surface area contributed by atoms with E-state index in [0.29, 0.717) is 0 Å². The first kappa shape index (κ1) is 19.0. The van der Waals surface area contributed by atoms with E-state index in [4.69, 9.17) is 11.6 Å². The average molecular weight is 423 g/mol. The van der Waals surface area contributed by atoms with Crippen LogP contribution in [0.3, 0.4) is 0 Å². The molecule has 0 nitrogen and oxygen atoms in total. The zero-order valence-electron chi connectivity index (χ0n) is 16.3. The van der Waals surface area contributed by atoms with Crippen LogP contribution in [0.15, 0.2) is 115 Å². The van der Waals surface area contributed by atoms with Crippen LogP contribution < -0.4 is 0 Å². The van der Waals surface area contributed by atoms with Gasteiger partial charge in [0, 0.05) is 9.93 Å². The second kappa shape index (κ2) is 8.02. The highest BCUT2D eigenvalue weighted by Gasteiger charge is 2.15. The molecule has 144 valence electrons. The van der Waals surface area contributed by atoms with Gasteiger partial charge in [-0.15, -0.1) is 0 Å². The number of fused-ring (bicyclic) bond motifs is 3. The standard InChI is InChI=1S/C28H19ClS/c1-19-8-6-7-15-30-28(16-19)27-18-21(29)13-14-25(27)26-17-20-9-2-3-10-22(20)23-11-4-5-12-24(23)26/h2-18H,1H2/b8-6-,15-7-,28-16-. The quantitative estimate of drug-likeness (QED) is 0.290. The third-order valence-electron chi connectivity index (χ3n) is 5.32. The Balaban J connectivity index is 1.83. The number of hydrogen-bond acceptors (Lipinski definition) is 1. The van der Waals surface area contributed by atoms with Crippen LogP contribution in [0.25, 0.3) is 37.6 Å². The Labute approximate surface area is 185 Å². The average Bonchev–Trinajstić information content (AvgIpc) is 2.76. The summed E-state index contributed by atoms with van der Waals surface area (Å²) in [7, 11) is 0. The fourth-order valence-electron chi connectivity index (χ4n) is 3.96. The molecule has 1 aliphatic heterocycles. The molecule has 0 radical (unpaired) electrons. The zero-order chi connectivity index (χ0) is 20.5. The maximum Gasteiger partial charge on any atom is 0.0412 e. The molecular formula is C28H19ClS. The van der Waals surface area contributed by atoms with E-state index < -0.39 is 0 Å². The van der Waals surface area contributed by atoms with E-state index in [1.807, 2.05) is 24.3 Å². The normalized spacial score (nSPS) is 17.9. The molecule has 1 aliphatic rings. The summed E-state index contributed by atoms with van der Waals surface area (Å²) in [6, 6.07) is 25.7. The molecule has 2 heteroatoms. The van der Waals surface area contributed by atoms with Gasteiger partial charge in [0.2, 0.25) is 0 Å². The van der Waals surface area contributed by atoms with Crippen molar-refractivity contribution in [2.24, 2.45) is 0 Å². The van der Waals surface area contributed by atoms with Gasteiger partial charge in [-0.1, -0.05) is 103 Å². The molecule has 30 heavy (non-hydrogen) atoms. The summed E-state index contributed by atoms with van der Waals surface area (Å²) in [5.74, 6) is 0. The second-order valence-corrected chi connectivity index (χ2v) is 8.65. The van der Waals surface area contributed by atoms with Crippen molar-refractivity contribution in [1.82, 2.24) is 0 Å². The number of thioether (sulfide) groups is 1. The van der Waals surface area contributed by atoms with Gasteiger partial charge in [0.25, 0.3) is 0 Å². The molecule has 0 aliphatic carbocycles. The third kappa shape index (κ3) is 3.52. The van der Waals surface area contributed by atoms with Crippen LogP contribution in [-0.4, -0.2) is 0 Å². The molecule has 0 saturated heterocycles. The molecule has 0 N–H and O–H groups in total. The lowest BCUT2D eigenvalue weighted by Gasteiger charge is -2.17. The highest BCUT2D eigenvalue weighted by Crippen LogP contribution is 2.42. The van der Waals surface area contributed by atoms with Gasteiger partial charge in [-0.3, -0.25) is 0 Å². The molecule has 0 bridgehead atoms. The van der Waals surface area contributed by atoms with E-state index in [9.17, 15) is 0 Å². The lowest BCUT2D eigenvalue weighted by molar-refractivity contribution is 1.61. The molecule has 0 unspecified atom stereocenters. The van der Waals surface area contributed by atoms with E-state index in [-0.39, 0.29) is 0 Å². The van der Waals surface area contributed by atoms with Crippen molar-refractivity contribution in [2.45, 2.75) is 0 Å². The van der Waals surface area contributed by atoms with Crippen LogP contribution in [0, 0.1) is 0 Å². The van der Waals surface area contributed by atoms with Gasteiger partial charge in [0.05, 0.1) is 0 Å². The van der Waals surface area contributed by atoms with E-state index >= 15 is 0 Å². The van der Waals surface area contributed by atoms with Crippen LogP contribution in [0.5, 0.6) is 0 Å². The van der Waals surface area contributed by atoms with Crippen LogP contribution >= 0.6 is 23.4 Å². The topological polar surface area (TPSA) is 0 Å². The molecule has 0 aromatic heterocycles. The Morgan fingerprint density at radius 2 is 1.47 bits per heavy atom. The van der Waals surface area contributed by atoms with Crippen molar-refractivity contribution >= 4 is 49.8 Å². The van der Waals surface area contributed by atoms with Crippen molar-refractivity contribution in [3.63, 3.8) is 0 Å². The van der Waals surface area contributed by atoms with Gasteiger partial charge in [-0.25, -0.2) is 0 Å². The summed E-state index contributed by atoms with van der Waals surface area (Å²) in [5, 5.41) is 7.83. The maximum atomic E-state index is 6.46. The largest absolute Gasteiger partial charge is 0.0974 e. The van der Waals surface area contributed by atoms with E-state index in [1.54, 1.807) is 11.8 Å². The summed E-state index contributed by atoms with van der Waals surface area (Å²) in [6.45, 7) is 4.16. The molecule has 0 spiro atoms. The number of allylic oxidation sites excluding steroid dienone is 5. The Bertz CT molecular complexity index is 1390. The molecule has 0 saturated carbocycles. The van der Waals surface area contributed by atoms with Crippen LogP contribution in [0.2, 0.25) is 5.02 Å². The molecular weight excluding hydrogens is 404 g/mol. The van der Waals surface area contributed by atoms with Gasteiger partial charge in [-0.2, -0.15) is 0 Å². The van der Waals surface area contributed by atoms with Crippen LogP contribution in [0.4, 0.5) is 0 Å². The summed E-state index contributed by atoms with van der Waals surface area (Å²) < 4.78 is 0. The Morgan fingerprint density at radius 3 is 2.33 bits per heavy atom. The van der Waals surface area contributed by atoms with Crippen molar-refractivity contribution in [3.8, 4) is 11.1 Å².